The Kier molecular flexibility index (Phi) is 7.08. The third-order valence-electron chi connectivity index (χ3n) is 2.94. The molecule has 1 aromatic carbocycles. The molecule has 0 spiro atoms. The van der Waals surface area contributed by atoms with Crippen molar-refractivity contribution in [2.45, 2.75) is 29.9 Å². The molecule has 0 bridgehead atoms. The molecule has 2 rings (SSSR count). The van der Waals surface area contributed by atoms with Gasteiger partial charge in [0, 0.05) is 5.38 Å². The van der Waals surface area contributed by atoms with Crippen molar-refractivity contribution in [1.82, 2.24) is 4.98 Å². The van der Waals surface area contributed by atoms with Gasteiger partial charge in [0.2, 0.25) is 5.91 Å². The Morgan fingerprint density at radius 2 is 2.17 bits per heavy atom. The second-order valence-corrected chi connectivity index (χ2v) is 7.67. The average Bonchev–Trinajstić information content (AvgIpc) is 2.96. The van der Waals surface area contributed by atoms with Crippen LogP contribution in [-0.2, 0) is 20.7 Å². The topological polar surface area (TPSA) is 68.3 Å². The molecule has 0 unspecified atom stereocenters. The molecule has 0 aliphatic carbocycles. The molecular formula is C16H17ClN2O3S2. The quantitative estimate of drug-likeness (QED) is 0.576. The molecule has 24 heavy (non-hydrogen) atoms. The number of nitrogens with one attached hydrogen (secondary N) is 1. The number of thioether (sulfide) groups is 1. The van der Waals surface area contributed by atoms with E-state index in [0.717, 1.165) is 4.34 Å². The van der Waals surface area contributed by atoms with Crippen LogP contribution in [0.4, 0.5) is 5.69 Å². The van der Waals surface area contributed by atoms with Gasteiger partial charge < -0.3 is 10.1 Å². The van der Waals surface area contributed by atoms with Gasteiger partial charge in [-0.2, -0.15) is 0 Å². The number of amides is 1. The maximum absolute atomic E-state index is 12.3. The summed E-state index contributed by atoms with van der Waals surface area (Å²) in [7, 11) is 0. The molecule has 1 heterocycles. The van der Waals surface area contributed by atoms with Crippen molar-refractivity contribution in [3.8, 4) is 0 Å². The van der Waals surface area contributed by atoms with E-state index in [2.05, 4.69) is 10.3 Å². The number of aromatic nitrogens is 1. The number of para-hydroxylation sites is 1. The van der Waals surface area contributed by atoms with Gasteiger partial charge in [0.05, 0.1) is 34.7 Å². The lowest BCUT2D eigenvalue weighted by Crippen LogP contribution is -2.22. The predicted molar refractivity (Wildman–Crippen MR) is 97.9 cm³/mol. The lowest BCUT2D eigenvalue weighted by Gasteiger charge is -2.11. The van der Waals surface area contributed by atoms with Crippen molar-refractivity contribution in [1.29, 1.82) is 0 Å². The molecule has 0 saturated carbocycles. The first kappa shape index (κ1) is 18.8. The van der Waals surface area contributed by atoms with E-state index >= 15 is 0 Å². The summed E-state index contributed by atoms with van der Waals surface area (Å²) in [5.74, 6) is -0.459. The van der Waals surface area contributed by atoms with Crippen molar-refractivity contribution in [3.63, 3.8) is 0 Å². The number of ether oxygens (including phenoxy) is 1. The van der Waals surface area contributed by atoms with Gasteiger partial charge in [-0.25, -0.2) is 4.98 Å². The monoisotopic (exact) mass is 384 g/mol. The second-order valence-electron chi connectivity index (χ2n) is 4.82. The largest absolute Gasteiger partial charge is 0.466 e. The maximum Gasteiger partial charge on any atom is 0.311 e. The van der Waals surface area contributed by atoms with Gasteiger partial charge in [-0.05, 0) is 26.0 Å². The first-order chi connectivity index (χ1) is 11.5. The molecule has 2 aromatic rings. The molecule has 1 atom stereocenters. The summed E-state index contributed by atoms with van der Waals surface area (Å²) in [5.41, 5.74) is 1.23. The van der Waals surface area contributed by atoms with E-state index in [4.69, 9.17) is 16.3 Å². The molecule has 128 valence electrons. The molecule has 1 aromatic heterocycles. The van der Waals surface area contributed by atoms with Crippen molar-refractivity contribution in [2.75, 3.05) is 11.9 Å². The van der Waals surface area contributed by atoms with E-state index in [9.17, 15) is 9.59 Å². The Morgan fingerprint density at radius 1 is 1.42 bits per heavy atom. The minimum atomic E-state index is -0.345. The minimum Gasteiger partial charge on any atom is -0.466 e. The van der Waals surface area contributed by atoms with Crippen LogP contribution in [0, 0.1) is 0 Å². The van der Waals surface area contributed by atoms with Crippen LogP contribution in [0.3, 0.4) is 0 Å². The molecule has 5 nitrogen and oxygen atoms in total. The summed E-state index contributed by atoms with van der Waals surface area (Å²) in [5, 5.41) is 4.75. The van der Waals surface area contributed by atoms with Crippen LogP contribution in [0.5, 0.6) is 0 Å². The number of anilines is 1. The van der Waals surface area contributed by atoms with Crippen molar-refractivity contribution >= 4 is 52.3 Å². The fraction of sp³-hybridized carbons (Fsp3) is 0.312. The normalized spacial score (nSPS) is 11.8. The van der Waals surface area contributed by atoms with Crippen molar-refractivity contribution in [3.05, 3.63) is 40.4 Å². The average molecular weight is 385 g/mol. The van der Waals surface area contributed by atoms with Crippen LogP contribution in [-0.4, -0.2) is 28.7 Å². The fourth-order valence-corrected chi connectivity index (χ4v) is 3.95. The van der Waals surface area contributed by atoms with Crippen LogP contribution in [0.2, 0.25) is 5.02 Å². The fourth-order valence-electron chi connectivity index (χ4n) is 1.79. The molecule has 0 aliphatic heterocycles. The Bertz CT molecular complexity index is 721. The number of carbonyl (C=O) groups excluding carboxylic acids is 2. The first-order valence-corrected chi connectivity index (χ1v) is 9.45. The number of carbonyl (C=O) groups is 2. The number of esters is 1. The summed E-state index contributed by atoms with van der Waals surface area (Å²) in [4.78, 5) is 28.1. The van der Waals surface area contributed by atoms with Gasteiger partial charge in [-0.3, -0.25) is 9.59 Å². The predicted octanol–water partition coefficient (Wildman–Crippen LogP) is 4.02. The molecule has 0 aliphatic rings. The van der Waals surface area contributed by atoms with E-state index in [1.165, 1.54) is 23.1 Å². The summed E-state index contributed by atoms with van der Waals surface area (Å²) < 4.78 is 5.63. The standard InChI is InChI=1S/C16H17ClN2O3S2/c1-3-22-14(20)8-11-9-23-16(18-11)24-10(2)15(21)19-13-7-5-4-6-12(13)17/h4-7,9-10H,3,8H2,1-2H3,(H,19,21)/t10-/m0/s1. The van der Waals surface area contributed by atoms with E-state index < -0.39 is 0 Å². The Labute approximate surface area is 153 Å². The molecule has 0 saturated heterocycles. The highest BCUT2D eigenvalue weighted by Gasteiger charge is 2.18. The Morgan fingerprint density at radius 3 is 2.88 bits per heavy atom. The van der Waals surface area contributed by atoms with E-state index in [1.807, 2.05) is 6.07 Å². The summed E-state index contributed by atoms with van der Waals surface area (Å²) in [6.45, 7) is 3.91. The number of rotatable bonds is 7. The Hall–Kier alpha value is -1.57. The third kappa shape index (κ3) is 5.51. The number of thiazole rings is 1. The zero-order chi connectivity index (χ0) is 17.5. The van der Waals surface area contributed by atoms with Crippen molar-refractivity contribution in [2.24, 2.45) is 0 Å². The van der Waals surface area contributed by atoms with Gasteiger partial charge >= 0.3 is 5.97 Å². The zero-order valence-electron chi connectivity index (χ0n) is 13.2. The molecule has 0 radical (unpaired) electrons. The Balaban J connectivity index is 1.91. The lowest BCUT2D eigenvalue weighted by molar-refractivity contribution is -0.142. The summed E-state index contributed by atoms with van der Waals surface area (Å²) in [6, 6.07) is 7.08. The smallest absolute Gasteiger partial charge is 0.311 e. The number of nitrogens with zero attached hydrogens (tertiary/aromatic N) is 1. The summed E-state index contributed by atoms with van der Waals surface area (Å²) in [6.07, 6.45) is 0.144. The van der Waals surface area contributed by atoms with E-state index in [0.29, 0.717) is 23.0 Å². The SMILES string of the molecule is CCOC(=O)Cc1csc(S[C@@H](C)C(=O)Nc2ccccc2Cl)n1. The highest BCUT2D eigenvalue weighted by Crippen LogP contribution is 2.28. The summed E-state index contributed by atoms with van der Waals surface area (Å²) >= 11 is 8.78. The zero-order valence-corrected chi connectivity index (χ0v) is 15.6. The van der Waals surface area contributed by atoms with Crippen LogP contribution in [0.25, 0.3) is 0 Å². The van der Waals surface area contributed by atoms with E-state index in [-0.39, 0.29) is 23.5 Å². The number of hydrogen-bond acceptors (Lipinski definition) is 6. The first-order valence-electron chi connectivity index (χ1n) is 7.31. The van der Waals surface area contributed by atoms with Gasteiger partial charge in [0.15, 0.2) is 4.34 Å². The van der Waals surface area contributed by atoms with Gasteiger partial charge in [-0.1, -0.05) is 35.5 Å². The third-order valence-corrected chi connectivity index (χ3v) is 5.39. The molecule has 1 amide bonds. The molecular weight excluding hydrogens is 368 g/mol. The van der Waals surface area contributed by atoms with Crippen LogP contribution < -0.4 is 5.32 Å². The minimum absolute atomic E-state index is 0.144. The van der Waals surface area contributed by atoms with Crippen LogP contribution in [0.15, 0.2) is 34.0 Å². The van der Waals surface area contributed by atoms with Gasteiger partial charge in [-0.15, -0.1) is 11.3 Å². The maximum atomic E-state index is 12.3. The second kappa shape index (κ2) is 9.05. The highest BCUT2D eigenvalue weighted by molar-refractivity contribution is 8.02. The lowest BCUT2D eigenvalue weighted by atomic mass is 10.3. The molecule has 0 fully saturated rings. The number of benzene rings is 1. The molecule has 8 heteroatoms. The number of hydrogen-bond donors (Lipinski definition) is 1. The highest BCUT2D eigenvalue weighted by atomic mass is 35.5. The van der Waals surface area contributed by atoms with E-state index in [1.54, 1.807) is 37.4 Å². The van der Waals surface area contributed by atoms with Crippen LogP contribution in [0.1, 0.15) is 19.5 Å². The van der Waals surface area contributed by atoms with Gasteiger partial charge in [0.25, 0.3) is 0 Å². The van der Waals surface area contributed by atoms with Gasteiger partial charge in [0.1, 0.15) is 0 Å². The van der Waals surface area contributed by atoms with Crippen LogP contribution >= 0.6 is 34.7 Å². The molecule has 1 N–H and O–H groups in total. The van der Waals surface area contributed by atoms with Crippen molar-refractivity contribution < 1.29 is 14.3 Å². The number of halogens is 1.